The Morgan fingerprint density at radius 3 is 2.58 bits per heavy atom. The van der Waals surface area contributed by atoms with E-state index in [1.54, 1.807) is 0 Å². The molecule has 0 unspecified atom stereocenters. The van der Waals surface area contributed by atoms with Gasteiger partial charge in [0.15, 0.2) is 0 Å². The second-order valence-corrected chi connectivity index (χ2v) is 8.88. The summed E-state index contributed by atoms with van der Waals surface area (Å²) < 4.78 is 0. The van der Waals surface area contributed by atoms with Crippen molar-refractivity contribution in [3.8, 4) is 6.07 Å². The van der Waals surface area contributed by atoms with Gasteiger partial charge in [-0.1, -0.05) is 26.0 Å². The first-order chi connectivity index (χ1) is 11.2. The summed E-state index contributed by atoms with van der Waals surface area (Å²) in [6, 6.07) is 11.3. The van der Waals surface area contributed by atoms with Crippen LogP contribution in [0.1, 0.15) is 65.5 Å². The maximum atomic E-state index is 9.25. The monoisotopic (exact) mass is 326 g/mol. The third-order valence-corrected chi connectivity index (χ3v) is 6.16. The Morgan fingerprint density at radius 1 is 1.25 bits per heavy atom. The van der Waals surface area contributed by atoms with Crippen LogP contribution in [0.2, 0.25) is 0 Å². The number of hydroxylamine groups is 2. The van der Waals surface area contributed by atoms with Crippen LogP contribution in [0.25, 0.3) is 0 Å². The molecular weight excluding hydrogens is 296 g/mol. The molecular formula is C21H30N2O. The van der Waals surface area contributed by atoms with Crippen LogP contribution in [-0.2, 0) is 10.3 Å². The van der Waals surface area contributed by atoms with Crippen LogP contribution in [0.15, 0.2) is 24.3 Å². The van der Waals surface area contributed by atoms with E-state index in [4.69, 9.17) is 4.84 Å². The molecule has 0 aromatic heterocycles. The highest BCUT2D eigenvalue weighted by atomic mass is 16.7. The number of hydrogen-bond donors (Lipinski definition) is 0. The lowest BCUT2D eigenvalue weighted by molar-refractivity contribution is -0.215. The van der Waals surface area contributed by atoms with E-state index < -0.39 is 0 Å². The fourth-order valence-electron chi connectivity index (χ4n) is 5.05. The lowest BCUT2D eigenvalue weighted by Gasteiger charge is -2.47. The lowest BCUT2D eigenvalue weighted by atomic mass is 9.59. The summed E-state index contributed by atoms with van der Waals surface area (Å²) in [4.78, 5) is 6.38. The maximum Gasteiger partial charge on any atom is 0.0991 e. The van der Waals surface area contributed by atoms with Gasteiger partial charge >= 0.3 is 0 Å². The molecule has 0 spiro atoms. The Hall–Kier alpha value is -1.37. The summed E-state index contributed by atoms with van der Waals surface area (Å²) in [5.41, 5.74) is 2.01. The van der Waals surface area contributed by atoms with Crippen LogP contribution in [0, 0.1) is 23.2 Å². The minimum atomic E-state index is -0.141. The van der Waals surface area contributed by atoms with Crippen LogP contribution in [0.4, 0.5) is 0 Å². The minimum Gasteiger partial charge on any atom is -0.292 e. The SMILES string of the molecule is CC(C)N1OC(C)(C)[C@@H]2C[C@](C)(c3cccc(C#N)c3)C[C@H](C)[C@H]21. The van der Waals surface area contributed by atoms with Gasteiger partial charge in [-0.05, 0) is 69.6 Å². The lowest BCUT2D eigenvalue weighted by Crippen LogP contribution is -2.50. The molecule has 130 valence electrons. The molecule has 3 rings (SSSR count). The molecule has 1 aliphatic carbocycles. The van der Waals surface area contributed by atoms with E-state index in [0.717, 1.165) is 18.4 Å². The molecule has 4 atom stereocenters. The third kappa shape index (κ3) is 2.76. The van der Waals surface area contributed by atoms with Crippen molar-refractivity contribution in [1.82, 2.24) is 5.06 Å². The van der Waals surface area contributed by atoms with E-state index in [2.05, 4.69) is 64.8 Å². The molecule has 1 heterocycles. The van der Waals surface area contributed by atoms with Crippen molar-refractivity contribution in [2.75, 3.05) is 0 Å². The highest BCUT2D eigenvalue weighted by Crippen LogP contribution is 2.53. The van der Waals surface area contributed by atoms with Crippen LogP contribution in [0.3, 0.4) is 0 Å². The van der Waals surface area contributed by atoms with Gasteiger partial charge in [0.1, 0.15) is 0 Å². The molecule has 1 aliphatic heterocycles. The van der Waals surface area contributed by atoms with Gasteiger partial charge in [-0.2, -0.15) is 10.3 Å². The topological polar surface area (TPSA) is 36.3 Å². The normalized spacial score (nSPS) is 35.7. The highest BCUT2D eigenvalue weighted by molar-refractivity contribution is 5.37. The van der Waals surface area contributed by atoms with E-state index in [0.29, 0.717) is 23.9 Å². The van der Waals surface area contributed by atoms with Crippen LogP contribution < -0.4 is 0 Å². The smallest absolute Gasteiger partial charge is 0.0991 e. The van der Waals surface area contributed by atoms with Crippen molar-refractivity contribution in [2.45, 2.75) is 77.5 Å². The highest BCUT2D eigenvalue weighted by Gasteiger charge is 2.56. The Labute approximate surface area is 146 Å². The molecule has 0 radical (unpaired) electrons. The van der Waals surface area contributed by atoms with Crippen molar-refractivity contribution in [1.29, 1.82) is 5.26 Å². The number of nitrogens with zero attached hydrogens (tertiary/aromatic N) is 2. The molecule has 2 aliphatic rings. The van der Waals surface area contributed by atoms with E-state index in [1.165, 1.54) is 5.56 Å². The largest absolute Gasteiger partial charge is 0.292 e. The summed E-state index contributed by atoms with van der Waals surface area (Å²) >= 11 is 0. The first-order valence-electron chi connectivity index (χ1n) is 9.16. The van der Waals surface area contributed by atoms with Gasteiger partial charge in [-0.3, -0.25) is 4.84 Å². The number of fused-ring (bicyclic) bond motifs is 1. The van der Waals surface area contributed by atoms with Gasteiger partial charge in [0.05, 0.1) is 17.2 Å². The standard InChI is InChI=1S/C21H30N2O/c1-14(2)23-19-15(3)11-21(6,12-18(19)20(4,5)24-23)17-9-7-8-16(10-17)13-22/h7-10,14-15,18-19H,11-12H2,1-6H3/t15-,18+,19+,21+/m0/s1. The van der Waals surface area contributed by atoms with Crippen molar-refractivity contribution in [3.05, 3.63) is 35.4 Å². The quantitative estimate of drug-likeness (QED) is 0.792. The summed E-state index contributed by atoms with van der Waals surface area (Å²) in [5.74, 6) is 1.06. The summed E-state index contributed by atoms with van der Waals surface area (Å²) in [6.45, 7) is 13.6. The predicted octanol–water partition coefficient (Wildman–Crippen LogP) is 4.66. The fraction of sp³-hybridized carbons (Fsp3) is 0.667. The van der Waals surface area contributed by atoms with Crippen LogP contribution >= 0.6 is 0 Å². The van der Waals surface area contributed by atoms with Gasteiger partial charge in [0.2, 0.25) is 0 Å². The number of benzene rings is 1. The number of hydrogen-bond acceptors (Lipinski definition) is 3. The zero-order valence-electron chi connectivity index (χ0n) is 15.8. The van der Waals surface area contributed by atoms with E-state index >= 15 is 0 Å². The Bertz CT molecular complexity index is 660. The molecule has 1 aromatic rings. The Balaban J connectivity index is 1.97. The summed E-state index contributed by atoms with van der Waals surface area (Å²) in [7, 11) is 0. The fourth-order valence-corrected chi connectivity index (χ4v) is 5.05. The second-order valence-electron chi connectivity index (χ2n) is 8.88. The zero-order valence-corrected chi connectivity index (χ0v) is 15.8. The molecule has 3 nitrogen and oxygen atoms in total. The van der Waals surface area contributed by atoms with Gasteiger partial charge in [0, 0.05) is 18.0 Å². The molecule has 1 aromatic carbocycles. The molecule has 1 saturated carbocycles. The van der Waals surface area contributed by atoms with E-state index in [1.807, 2.05) is 12.1 Å². The average Bonchev–Trinajstić information content (AvgIpc) is 2.79. The van der Waals surface area contributed by atoms with E-state index in [9.17, 15) is 5.26 Å². The van der Waals surface area contributed by atoms with Crippen LogP contribution in [-0.4, -0.2) is 22.7 Å². The molecule has 2 fully saturated rings. The third-order valence-electron chi connectivity index (χ3n) is 6.16. The molecule has 0 N–H and O–H groups in total. The second kappa shape index (κ2) is 5.86. The van der Waals surface area contributed by atoms with Gasteiger partial charge < -0.3 is 0 Å². The van der Waals surface area contributed by atoms with Crippen molar-refractivity contribution in [3.63, 3.8) is 0 Å². The van der Waals surface area contributed by atoms with Crippen LogP contribution in [0.5, 0.6) is 0 Å². The molecule has 0 bridgehead atoms. The molecule has 0 amide bonds. The van der Waals surface area contributed by atoms with Crippen molar-refractivity contribution < 1.29 is 4.84 Å². The first kappa shape index (κ1) is 17.5. The van der Waals surface area contributed by atoms with Gasteiger partial charge in [-0.15, -0.1) is 0 Å². The number of rotatable bonds is 2. The van der Waals surface area contributed by atoms with E-state index in [-0.39, 0.29) is 11.0 Å². The molecule has 24 heavy (non-hydrogen) atoms. The maximum absolute atomic E-state index is 9.25. The molecule has 1 saturated heterocycles. The zero-order chi connectivity index (χ0) is 17.7. The van der Waals surface area contributed by atoms with Crippen molar-refractivity contribution in [2.24, 2.45) is 11.8 Å². The van der Waals surface area contributed by atoms with Crippen molar-refractivity contribution >= 4 is 0 Å². The first-order valence-corrected chi connectivity index (χ1v) is 9.16. The average molecular weight is 326 g/mol. The Kier molecular flexibility index (Phi) is 4.26. The number of nitriles is 1. The summed E-state index contributed by atoms with van der Waals surface area (Å²) in [6.07, 6.45) is 2.23. The Morgan fingerprint density at radius 2 is 1.96 bits per heavy atom. The molecule has 3 heteroatoms. The van der Waals surface area contributed by atoms with Gasteiger partial charge in [-0.25, -0.2) is 0 Å². The minimum absolute atomic E-state index is 0.0983. The summed E-state index contributed by atoms with van der Waals surface area (Å²) in [5, 5.41) is 11.5. The van der Waals surface area contributed by atoms with Gasteiger partial charge in [0.25, 0.3) is 0 Å². The predicted molar refractivity (Wildman–Crippen MR) is 96.3 cm³/mol.